The van der Waals surface area contributed by atoms with Gasteiger partial charge in [-0.1, -0.05) is 22.0 Å². The normalized spacial score (nSPS) is 13.3. The smallest absolute Gasteiger partial charge is 0.251 e. The van der Waals surface area contributed by atoms with E-state index in [1.54, 1.807) is 13.2 Å². The molecule has 1 aliphatic rings. The number of methoxy groups -OCH3 is 1. The molecule has 0 saturated carbocycles. The van der Waals surface area contributed by atoms with Crippen molar-refractivity contribution in [2.75, 3.05) is 7.11 Å². The molecule has 1 heterocycles. The Balaban J connectivity index is 2.06. The van der Waals surface area contributed by atoms with Crippen molar-refractivity contribution in [2.45, 2.75) is 25.8 Å². The number of hydrogen-bond donors (Lipinski definition) is 0. The van der Waals surface area contributed by atoms with Crippen molar-refractivity contribution in [3.63, 3.8) is 0 Å². The van der Waals surface area contributed by atoms with Crippen LogP contribution >= 0.6 is 15.9 Å². The summed E-state index contributed by atoms with van der Waals surface area (Å²) in [5.74, 6) is 0.815. The molecule has 0 amide bonds. The Morgan fingerprint density at radius 2 is 2.10 bits per heavy atom. The molecule has 0 spiro atoms. The van der Waals surface area contributed by atoms with Crippen LogP contribution in [0.15, 0.2) is 39.6 Å². The molecule has 0 aliphatic heterocycles. The second-order valence-corrected chi connectivity index (χ2v) is 5.96. The molecule has 2 aromatic rings. The Morgan fingerprint density at radius 3 is 2.90 bits per heavy atom. The molecule has 3 nitrogen and oxygen atoms in total. The minimum Gasteiger partial charge on any atom is -0.496 e. The van der Waals surface area contributed by atoms with Crippen molar-refractivity contribution in [1.82, 2.24) is 4.57 Å². The summed E-state index contributed by atoms with van der Waals surface area (Å²) in [5.41, 5.74) is 3.56. The fourth-order valence-electron chi connectivity index (χ4n) is 2.85. The Labute approximate surface area is 126 Å². The monoisotopic (exact) mass is 333 g/mol. The van der Waals surface area contributed by atoms with Crippen LogP contribution in [0.2, 0.25) is 0 Å². The molecule has 0 N–H and O–H groups in total. The number of ether oxygens (including phenoxy) is 1. The van der Waals surface area contributed by atoms with Gasteiger partial charge in [-0.3, -0.25) is 4.79 Å². The van der Waals surface area contributed by atoms with Crippen LogP contribution in [0.1, 0.15) is 23.2 Å². The van der Waals surface area contributed by atoms with Gasteiger partial charge in [-0.25, -0.2) is 0 Å². The SMILES string of the molecule is COc1ccc(Br)cc1Cn1c2c(ccc1=O)CCC2. The molecule has 0 atom stereocenters. The third-order valence-electron chi connectivity index (χ3n) is 3.82. The number of rotatable bonds is 3. The fourth-order valence-corrected chi connectivity index (χ4v) is 3.26. The van der Waals surface area contributed by atoms with E-state index in [1.165, 1.54) is 11.3 Å². The van der Waals surface area contributed by atoms with Crippen molar-refractivity contribution in [3.05, 3.63) is 62.0 Å². The Kier molecular flexibility index (Phi) is 3.66. The number of pyridine rings is 1. The van der Waals surface area contributed by atoms with Crippen LogP contribution in [-0.4, -0.2) is 11.7 Å². The summed E-state index contributed by atoms with van der Waals surface area (Å²) in [6.07, 6.45) is 3.20. The van der Waals surface area contributed by atoms with Gasteiger partial charge in [0.25, 0.3) is 5.56 Å². The predicted octanol–water partition coefficient (Wildman–Crippen LogP) is 3.16. The maximum atomic E-state index is 12.2. The average Bonchev–Trinajstić information content (AvgIpc) is 2.91. The van der Waals surface area contributed by atoms with Gasteiger partial charge in [0.15, 0.2) is 0 Å². The van der Waals surface area contributed by atoms with Crippen LogP contribution in [0.3, 0.4) is 0 Å². The number of nitrogens with zero attached hydrogens (tertiary/aromatic N) is 1. The quantitative estimate of drug-likeness (QED) is 0.863. The molecule has 0 radical (unpaired) electrons. The van der Waals surface area contributed by atoms with Gasteiger partial charge >= 0.3 is 0 Å². The van der Waals surface area contributed by atoms with Gasteiger partial charge in [0, 0.05) is 21.8 Å². The zero-order chi connectivity index (χ0) is 14.1. The Morgan fingerprint density at radius 1 is 1.25 bits per heavy atom. The molecule has 104 valence electrons. The summed E-state index contributed by atoms with van der Waals surface area (Å²) in [6.45, 7) is 0.560. The Bertz CT molecular complexity index is 706. The summed E-state index contributed by atoms with van der Waals surface area (Å²) in [6, 6.07) is 9.53. The number of fused-ring (bicyclic) bond motifs is 1. The lowest BCUT2D eigenvalue weighted by Crippen LogP contribution is -2.23. The first-order valence-corrected chi connectivity index (χ1v) is 7.52. The number of aryl methyl sites for hydroxylation is 1. The van der Waals surface area contributed by atoms with Crippen LogP contribution in [0.5, 0.6) is 5.75 Å². The summed E-state index contributed by atoms with van der Waals surface area (Å²) in [5, 5.41) is 0. The first kappa shape index (κ1) is 13.4. The molecule has 3 rings (SSSR count). The lowest BCUT2D eigenvalue weighted by atomic mass is 10.1. The van der Waals surface area contributed by atoms with E-state index in [-0.39, 0.29) is 5.56 Å². The molecule has 0 bridgehead atoms. The van der Waals surface area contributed by atoms with Gasteiger partial charge in [-0.15, -0.1) is 0 Å². The average molecular weight is 334 g/mol. The predicted molar refractivity (Wildman–Crippen MR) is 82.5 cm³/mol. The highest BCUT2D eigenvalue weighted by molar-refractivity contribution is 9.10. The highest BCUT2D eigenvalue weighted by Gasteiger charge is 2.16. The molecule has 1 aromatic carbocycles. The van der Waals surface area contributed by atoms with E-state index < -0.39 is 0 Å². The van der Waals surface area contributed by atoms with E-state index in [1.807, 2.05) is 28.8 Å². The van der Waals surface area contributed by atoms with Gasteiger partial charge in [0.2, 0.25) is 0 Å². The first-order valence-electron chi connectivity index (χ1n) is 6.73. The number of aromatic nitrogens is 1. The molecule has 0 unspecified atom stereocenters. The molecule has 1 aliphatic carbocycles. The molecule has 0 saturated heterocycles. The summed E-state index contributed by atoms with van der Waals surface area (Å²) < 4.78 is 8.27. The zero-order valence-electron chi connectivity index (χ0n) is 11.4. The summed E-state index contributed by atoms with van der Waals surface area (Å²) >= 11 is 3.48. The number of halogens is 1. The Hall–Kier alpha value is -1.55. The third kappa shape index (κ3) is 2.40. The molecular formula is C16H16BrNO2. The van der Waals surface area contributed by atoms with Gasteiger partial charge in [-0.05, 0) is 43.0 Å². The fraction of sp³-hybridized carbons (Fsp3) is 0.312. The summed E-state index contributed by atoms with van der Waals surface area (Å²) in [4.78, 5) is 12.2. The molecule has 0 fully saturated rings. The lowest BCUT2D eigenvalue weighted by Gasteiger charge is -2.14. The van der Waals surface area contributed by atoms with Crippen molar-refractivity contribution >= 4 is 15.9 Å². The van der Waals surface area contributed by atoms with E-state index in [0.717, 1.165) is 35.0 Å². The second-order valence-electron chi connectivity index (χ2n) is 5.04. The molecular weight excluding hydrogens is 318 g/mol. The van der Waals surface area contributed by atoms with Gasteiger partial charge in [-0.2, -0.15) is 0 Å². The highest BCUT2D eigenvalue weighted by Crippen LogP contribution is 2.26. The van der Waals surface area contributed by atoms with Crippen LogP contribution in [0.25, 0.3) is 0 Å². The van der Waals surface area contributed by atoms with Gasteiger partial charge in [0.05, 0.1) is 13.7 Å². The van der Waals surface area contributed by atoms with E-state index >= 15 is 0 Å². The maximum absolute atomic E-state index is 12.2. The van der Waals surface area contributed by atoms with E-state index in [2.05, 4.69) is 15.9 Å². The minimum absolute atomic E-state index is 0.0627. The molecule has 20 heavy (non-hydrogen) atoms. The zero-order valence-corrected chi connectivity index (χ0v) is 12.9. The second kappa shape index (κ2) is 5.44. The minimum atomic E-state index is 0.0627. The van der Waals surface area contributed by atoms with Gasteiger partial charge < -0.3 is 9.30 Å². The standard InChI is InChI=1S/C16H16BrNO2/c1-20-15-7-6-13(17)9-12(15)10-18-14-4-2-3-11(14)5-8-16(18)19/h5-9H,2-4,10H2,1H3. The summed E-state index contributed by atoms with van der Waals surface area (Å²) in [7, 11) is 1.66. The number of hydrogen-bond acceptors (Lipinski definition) is 2. The van der Waals surface area contributed by atoms with E-state index in [0.29, 0.717) is 6.54 Å². The number of benzene rings is 1. The van der Waals surface area contributed by atoms with Crippen molar-refractivity contribution in [3.8, 4) is 5.75 Å². The van der Waals surface area contributed by atoms with Gasteiger partial charge in [0.1, 0.15) is 5.75 Å². The topological polar surface area (TPSA) is 31.2 Å². The maximum Gasteiger partial charge on any atom is 0.251 e. The van der Waals surface area contributed by atoms with Crippen LogP contribution in [0.4, 0.5) is 0 Å². The van der Waals surface area contributed by atoms with Crippen LogP contribution in [-0.2, 0) is 19.4 Å². The first-order chi connectivity index (χ1) is 9.69. The largest absolute Gasteiger partial charge is 0.496 e. The molecule has 4 heteroatoms. The van der Waals surface area contributed by atoms with Crippen molar-refractivity contribution < 1.29 is 4.74 Å². The van der Waals surface area contributed by atoms with E-state index in [9.17, 15) is 4.79 Å². The van der Waals surface area contributed by atoms with Crippen molar-refractivity contribution in [1.29, 1.82) is 0 Å². The lowest BCUT2D eigenvalue weighted by molar-refractivity contribution is 0.407. The van der Waals surface area contributed by atoms with E-state index in [4.69, 9.17) is 4.74 Å². The highest BCUT2D eigenvalue weighted by atomic mass is 79.9. The van der Waals surface area contributed by atoms with Crippen LogP contribution in [0, 0.1) is 0 Å². The van der Waals surface area contributed by atoms with Crippen molar-refractivity contribution in [2.24, 2.45) is 0 Å². The molecule has 1 aromatic heterocycles. The third-order valence-corrected chi connectivity index (χ3v) is 4.31. The van der Waals surface area contributed by atoms with Crippen LogP contribution < -0.4 is 10.3 Å².